The Kier molecular flexibility index (Phi) is 3.10. The maximum absolute atomic E-state index is 13.1. The van der Waals surface area contributed by atoms with Crippen LogP contribution in [0.1, 0.15) is 18.0 Å². The molecule has 1 aromatic carbocycles. The summed E-state index contributed by atoms with van der Waals surface area (Å²) in [4.78, 5) is 23.2. The number of hydrogen-bond donors (Lipinski definition) is 1. The molecular weight excluding hydrogens is 244 g/mol. The van der Waals surface area contributed by atoms with Crippen LogP contribution >= 0.6 is 0 Å². The van der Waals surface area contributed by atoms with Crippen LogP contribution in [0.25, 0.3) is 0 Å². The molecule has 1 N–H and O–H groups in total. The maximum atomic E-state index is 13.1. The summed E-state index contributed by atoms with van der Waals surface area (Å²) in [6.45, 7) is 0. The highest BCUT2D eigenvalue weighted by molar-refractivity contribution is 5.92. The Hall–Kier alpha value is -2.24. The van der Waals surface area contributed by atoms with Gasteiger partial charge in [-0.25, -0.2) is 13.6 Å². The molecule has 1 heterocycles. The zero-order valence-electron chi connectivity index (χ0n) is 9.14. The number of benzene rings is 1. The first-order valence-corrected chi connectivity index (χ1v) is 5.16. The van der Waals surface area contributed by atoms with Crippen molar-refractivity contribution in [3.05, 3.63) is 47.7 Å². The molecule has 0 aliphatic carbocycles. The highest BCUT2D eigenvalue weighted by Crippen LogP contribution is 2.29. The number of hydrogen-bond acceptors (Lipinski definition) is 2. The second kappa shape index (κ2) is 4.56. The predicted molar refractivity (Wildman–Crippen MR) is 57.7 cm³/mol. The number of ketones is 1. The standard InChI is InChI=1S/C12H9F2NO3/c13-9-2-1-7(5-10(9)14)11-6-8(16)3-4-15(11)12(17)18/h1-5,11H,6H2,(H,17,18). The van der Waals surface area contributed by atoms with E-state index in [0.29, 0.717) is 0 Å². The normalized spacial score (nSPS) is 19.1. The lowest BCUT2D eigenvalue weighted by Gasteiger charge is -2.28. The molecule has 0 saturated carbocycles. The van der Waals surface area contributed by atoms with Crippen molar-refractivity contribution in [2.75, 3.05) is 0 Å². The highest BCUT2D eigenvalue weighted by atomic mass is 19.2. The third-order valence-electron chi connectivity index (χ3n) is 2.70. The van der Waals surface area contributed by atoms with Crippen LogP contribution in [0.3, 0.4) is 0 Å². The van der Waals surface area contributed by atoms with Gasteiger partial charge in [-0.15, -0.1) is 0 Å². The fourth-order valence-electron chi connectivity index (χ4n) is 1.82. The number of rotatable bonds is 1. The molecule has 2 rings (SSSR count). The first-order valence-electron chi connectivity index (χ1n) is 5.16. The quantitative estimate of drug-likeness (QED) is 0.836. The second-order valence-corrected chi connectivity index (χ2v) is 3.87. The number of carbonyl (C=O) groups is 2. The van der Waals surface area contributed by atoms with Gasteiger partial charge in [0.05, 0.1) is 6.04 Å². The van der Waals surface area contributed by atoms with Gasteiger partial charge in [0, 0.05) is 12.6 Å². The van der Waals surface area contributed by atoms with Crippen LogP contribution in [-0.2, 0) is 4.79 Å². The third-order valence-corrected chi connectivity index (χ3v) is 2.70. The molecule has 1 aliphatic heterocycles. The predicted octanol–water partition coefficient (Wildman–Crippen LogP) is 2.47. The molecule has 1 amide bonds. The summed E-state index contributed by atoms with van der Waals surface area (Å²) >= 11 is 0. The number of halogens is 2. The van der Waals surface area contributed by atoms with Crippen LogP contribution in [0, 0.1) is 11.6 Å². The highest BCUT2D eigenvalue weighted by Gasteiger charge is 2.28. The molecule has 0 bridgehead atoms. The zero-order valence-corrected chi connectivity index (χ0v) is 9.14. The third kappa shape index (κ3) is 2.22. The number of carboxylic acid groups (broad SMARTS) is 1. The molecule has 4 nitrogen and oxygen atoms in total. The minimum atomic E-state index is -1.26. The van der Waals surface area contributed by atoms with Crippen molar-refractivity contribution < 1.29 is 23.5 Å². The Morgan fingerprint density at radius 3 is 2.67 bits per heavy atom. The molecule has 1 aromatic rings. The summed E-state index contributed by atoms with van der Waals surface area (Å²) in [7, 11) is 0. The van der Waals surface area contributed by atoms with Crippen molar-refractivity contribution in [3.8, 4) is 0 Å². The minimum Gasteiger partial charge on any atom is -0.465 e. The van der Waals surface area contributed by atoms with Gasteiger partial charge in [-0.2, -0.15) is 0 Å². The molecule has 0 spiro atoms. The summed E-state index contributed by atoms with van der Waals surface area (Å²) in [5.41, 5.74) is 0.244. The van der Waals surface area contributed by atoms with E-state index in [4.69, 9.17) is 5.11 Å². The van der Waals surface area contributed by atoms with Crippen molar-refractivity contribution >= 4 is 11.9 Å². The molecule has 6 heteroatoms. The van der Waals surface area contributed by atoms with E-state index in [1.54, 1.807) is 0 Å². The number of allylic oxidation sites excluding steroid dienone is 1. The molecule has 18 heavy (non-hydrogen) atoms. The van der Waals surface area contributed by atoms with Crippen LogP contribution in [0.15, 0.2) is 30.5 Å². The Morgan fingerprint density at radius 1 is 1.33 bits per heavy atom. The Labute approximate surface area is 101 Å². The molecule has 1 aliphatic rings. The molecule has 0 radical (unpaired) electrons. The van der Waals surface area contributed by atoms with E-state index in [2.05, 4.69) is 0 Å². The van der Waals surface area contributed by atoms with Gasteiger partial charge >= 0.3 is 6.09 Å². The Bertz CT molecular complexity index is 542. The van der Waals surface area contributed by atoms with E-state index in [9.17, 15) is 18.4 Å². The lowest BCUT2D eigenvalue weighted by molar-refractivity contribution is -0.116. The van der Waals surface area contributed by atoms with E-state index in [1.165, 1.54) is 6.07 Å². The molecule has 94 valence electrons. The zero-order chi connectivity index (χ0) is 13.3. The lowest BCUT2D eigenvalue weighted by atomic mass is 9.97. The van der Waals surface area contributed by atoms with E-state index in [-0.39, 0.29) is 17.8 Å². The fraction of sp³-hybridized carbons (Fsp3) is 0.167. The van der Waals surface area contributed by atoms with Gasteiger partial charge in [0.1, 0.15) is 0 Å². The molecule has 0 saturated heterocycles. The second-order valence-electron chi connectivity index (χ2n) is 3.87. The molecule has 1 atom stereocenters. The van der Waals surface area contributed by atoms with Gasteiger partial charge in [0.25, 0.3) is 0 Å². The lowest BCUT2D eigenvalue weighted by Crippen LogP contribution is -2.33. The van der Waals surface area contributed by atoms with E-state index in [1.807, 2.05) is 0 Å². The summed E-state index contributed by atoms with van der Waals surface area (Å²) in [6, 6.07) is 2.26. The van der Waals surface area contributed by atoms with Crippen molar-refractivity contribution in [2.45, 2.75) is 12.5 Å². The van der Waals surface area contributed by atoms with Gasteiger partial charge in [-0.1, -0.05) is 6.07 Å². The molecule has 0 fully saturated rings. The van der Waals surface area contributed by atoms with Crippen LogP contribution in [0.2, 0.25) is 0 Å². The first-order chi connectivity index (χ1) is 8.49. The fourth-order valence-corrected chi connectivity index (χ4v) is 1.82. The molecule has 0 aromatic heterocycles. The van der Waals surface area contributed by atoms with Crippen LogP contribution < -0.4 is 0 Å². The number of carbonyl (C=O) groups excluding carboxylic acids is 1. The number of amides is 1. The molecule has 1 unspecified atom stereocenters. The van der Waals surface area contributed by atoms with Crippen LogP contribution in [-0.4, -0.2) is 21.9 Å². The molecular formula is C12H9F2NO3. The summed E-state index contributed by atoms with van der Waals surface area (Å²) in [5.74, 6) is -2.35. The van der Waals surface area contributed by atoms with E-state index >= 15 is 0 Å². The van der Waals surface area contributed by atoms with Crippen LogP contribution in [0.4, 0.5) is 13.6 Å². The largest absolute Gasteiger partial charge is 0.465 e. The summed E-state index contributed by atoms with van der Waals surface area (Å²) < 4.78 is 25.9. The van der Waals surface area contributed by atoms with Gasteiger partial charge in [-0.05, 0) is 23.8 Å². The number of nitrogens with zero attached hydrogens (tertiary/aromatic N) is 1. The SMILES string of the molecule is O=C1C=CN(C(=O)O)C(c2ccc(F)c(F)c2)C1. The summed E-state index contributed by atoms with van der Waals surface area (Å²) in [6.07, 6.45) is 0.923. The average Bonchev–Trinajstić information content (AvgIpc) is 2.32. The first kappa shape index (κ1) is 12.2. The van der Waals surface area contributed by atoms with Gasteiger partial charge < -0.3 is 5.11 Å². The topological polar surface area (TPSA) is 57.6 Å². The van der Waals surface area contributed by atoms with Gasteiger partial charge in [0.15, 0.2) is 17.4 Å². The summed E-state index contributed by atoms with van der Waals surface area (Å²) in [5, 5.41) is 8.98. The van der Waals surface area contributed by atoms with Crippen molar-refractivity contribution in [1.29, 1.82) is 0 Å². The monoisotopic (exact) mass is 253 g/mol. The minimum absolute atomic E-state index is 0.0894. The Balaban J connectivity index is 2.40. The Morgan fingerprint density at radius 2 is 2.06 bits per heavy atom. The van der Waals surface area contributed by atoms with E-state index < -0.39 is 23.8 Å². The average molecular weight is 253 g/mol. The smallest absolute Gasteiger partial charge is 0.411 e. The van der Waals surface area contributed by atoms with Crippen molar-refractivity contribution in [1.82, 2.24) is 4.90 Å². The van der Waals surface area contributed by atoms with Crippen molar-refractivity contribution in [3.63, 3.8) is 0 Å². The van der Waals surface area contributed by atoms with Crippen molar-refractivity contribution in [2.24, 2.45) is 0 Å². The van der Waals surface area contributed by atoms with Gasteiger partial charge in [0.2, 0.25) is 0 Å². The van der Waals surface area contributed by atoms with E-state index in [0.717, 1.165) is 29.3 Å². The van der Waals surface area contributed by atoms with Crippen LogP contribution in [0.5, 0.6) is 0 Å². The maximum Gasteiger partial charge on any atom is 0.411 e. The van der Waals surface area contributed by atoms with Gasteiger partial charge in [-0.3, -0.25) is 9.69 Å².